The molecule has 18 heavy (non-hydrogen) atoms. The molecule has 0 aliphatic heterocycles. The number of nitrogens with zero attached hydrogens (tertiary/aromatic N) is 1. The molecule has 6 heteroatoms. The summed E-state index contributed by atoms with van der Waals surface area (Å²) < 4.78 is 0. The molecule has 0 atom stereocenters. The van der Waals surface area contributed by atoms with E-state index >= 15 is 0 Å². The molecule has 0 aromatic carbocycles. The average Bonchev–Trinajstić information content (AvgIpc) is 2.79. The molecular weight excluding hydrogens is 254 g/mol. The van der Waals surface area contributed by atoms with Crippen molar-refractivity contribution in [2.75, 3.05) is 13.1 Å². The normalized spacial score (nSPS) is 15.3. The van der Waals surface area contributed by atoms with Crippen LogP contribution < -0.4 is 11.1 Å². The van der Waals surface area contributed by atoms with E-state index in [4.69, 9.17) is 5.73 Å². The molecule has 1 fully saturated rings. The van der Waals surface area contributed by atoms with E-state index in [0.717, 1.165) is 12.8 Å². The highest BCUT2D eigenvalue weighted by Gasteiger charge is 2.28. The first-order valence-corrected chi connectivity index (χ1v) is 6.34. The first-order valence-electron chi connectivity index (χ1n) is 6.34. The Kier molecular flexibility index (Phi) is 7.95. The summed E-state index contributed by atoms with van der Waals surface area (Å²) >= 11 is 0. The Morgan fingerprint density at radius 3 is 2.33 bits per heavy atom. The van der Waals surface area contributed by atoms with Crippen molar-refractivity contribution in [3.8, 4) is 0 Å². The third-order valence-corrected chi connectivity index (χ3v) is 3.18. The van der Waals surface area contributed by atoms with Gasteiger partial charge in [0.2, 0.25) is 11.8 Å². The lowest BCUT2D eigenvalue weighted by molar-refractivity contribution is -0.136. The molecule has 1 aliphatic rings. The van der Waals surface area contributed by atoms with Gasteiger partial charge < -0.3 is 16.0 Å². The molecule has 1 rings (SSSR count). The van der Waals surface area contributed by atoms with Gasteiger partial charge >= 0.3 is 0 Å². The van der Waals surface area contributed by atoms with Crippen LogP contribution in [0.15, 0.2) is 0 Å². The van der Waals surface area contributed by atoms with Gasteiger partial charge in [0.25, 0.3) is 0 Å². The predicted molar refractivity (Wildman–Crippen MR) is 73.6 cm³/mol. The Morgan fingerprint density at radius 1 is 1.33 bits per heavy atom. The maximum atomic E-state index is 12.1. The number of carbonyl (C=O) groups is 2. The van der Waals surface area contributed by atoms with Crippen molar-refractivity contribution in [1.82, 2.24) is 10.2 Å². The van der Waals surface area contributed by atoms with Crippen LogP contribution in [0, 0.1) is 0 Å². The van der Waals surface area contributed by atoms with Crippen molar-refractivity contribution in [2.24, 2.45) is 5.73 Å². The number of nitrogens with one attached hydrogen (secondary N) is 1. The van der Waals surface area contributed by atoms with Gasteiger partial charge in [-0.3, -0.25) is 9.59 Å². The van der Waals surface area contributed by atoms with Crippen molar-refractivity contribution >= 4 is 24.2 Å². The zero-order valence-electron chi connectivity index (χ0n) is 11.1. The van der Waals surface area contributed by atoms with Gasteiger partial charge in [-0.05, 0) is 26.7 Å². The van der Waals surface area contributed by atoms with Gasteiger partial charge in [0.15, 0.2) is 0 Å². The lowest BCUT2D eigenvalue weighted by atomic mass is 10.1. The fourth-order valence-electron chi connectivity index (χ4n) is 2.43. The standard InChI is InChI=1S/C12H23N3O2.ClH/c1-9(2)15(10-5-3-4-6-10)12(17)8-14-11(16)7-13;/h9-10H,3-8,13H2,1-2H3,(H,14,16);1H. The Balaban J connectivity index is 0.00000289. The van der Waals surface area contributed by atoms with Crippen LogP contribution in [-0.2, 0) is 9.59 Å². The van der Waals surface area contributed by atoms with E-state index in [1.54, 1.807) is 0 Å². The van der Waals surface area contributed by atoms with E-state index in [1.807, 2.05) is 18.7 Å². The summed E-state index contributed by atoms with van der Waals surface area (Å²) in [4.78, 5) is 25.0. The largest absolute Gasteiger partial charge is 0.346 e. The van der Waals surface area contributed by atoms with Crippen molar-refractivity contribution < 1.29 is 9.59 Å². The molecule has 0 radical (unpaired) electrons. The van der Waals surface area contributed by atoms with E-state index in [0.29, 0.717) is 6.04 Å². The molecular formula is C12H24ClN3O2. The van der Waals surface area contributed by atoms with Crippen LogP contribution in [0.2, 0.25) is 0 Å². The number of rotatable bonds is 5. The van der Waals surface area contributed by atoms with Crippen molar-refractivity contribution in [2.45, 2.75) is 51.6 Å². The van der Waals surface area contributed by atoms with Crippen molar-refractivity contribution in [3.63, 3.8) is 0 Å². The third kappa shape index (κ3) is 4.82. The minimum absolute atomic E-state index is 0. The van der Waals surface area contributed by atoms with Crippen LogP contribution in [0.3, 0.4) is 0 Å². The molecule has 0 heterocycles. The highest BCUT2D eigenvalue weighted by molar-refractivity contribution is 5.86. The van der Waals surface area contributed by atoms with E-state index < -0.39 is 0 Å². The second-order valence-electron chi connectivity index (χ2n) is 4.81. The van der Waals surface area contributed by atoms with Crippen LogP contribution >= 0.6 is 12.4 Å². The van der Waals surface area contributed by atoms with Gasteiger partial charge in [-0.25, -0.2) is 0 Å². The van der Waals surface area contributed by atoms with Crippen molar-refractivity contribution in [3.05, 3.63) is 0 Å². The van der Waals surface area contributed by atoms with Crippen LogP contribution in [0.4, 0.5) is 0 Å². The van der Waals surface area contributed by atoms with Gasteiger partial charge in [-0.15, -0.1) is 12.4 Å². The van der Waals surface area contributed by atoms with Gasteiger partial charge in [0, 0.05) is 12.1 Å². The first-order chi connectivity index (χ1) is 8.06. The molecule has 1 aliphatic carbocycles. The van der Waals surface area contributed by atoms with Crippen LogP contribution in [-0.4, -0.2) is 41.9 Å². The first kappa shape index (κ1) is 17.2. The second-order valence-corrected chi connectivity index (χ2v) is 4.81. The van der Waals surface area contributed by atoms with Crippen LogP contribution in [0.5, 0.6) is 0 Å². The van der Waals surface area contributed by atoms with Gasteiger partial charge in [-0.1, -0.05) is 12.8 Å². The summed E-state index contributed by atoms with van der Waals surface area (Å²) in [5, 5.41) is 2.54. The van der Waals surface area contributed by atoms with Crippen molar-refractivity contribution in [1.29, 1.82) is 0 Å². The Morgan fingerprint density at radius 2 is 1.89 bits per heavy atom. The lowest BCUT2D eigenvalue weighted by Crippen LogP contribution is -2.48. The highest BCUT2D eigenvalue weighted by atomic mass is 35.5. The number of hydrogen-bond donors (Lipinski definition) is 2. The smallest absolute Gasteiger partial charge is 0.242 e. The molecule has 5 nitrogen and oxygen atoms in total. The fourth-order valence-corrected chi connectivity index (χ4v) is 2.43. The van der Waals surface area contributed by atoms with E-state index in [2.05, 4.69) is 5.32 Å². The number of hydrogen-bond acceptors (Lipinski definition) is 3. The quantitative estimate of drug-likeness (QED) is 0.775. The molecule has 2 amide bonds. The topological polar surface area (TPSA) is 75.4 Å². The minimum Gasteiger partial charge on any atom is -0.346 e. The fraction of sp³-hybridized carbons (Fsp3) is 0.833. The highest BCUT2D eigenvalue weighted by Crippen LogP contribution is 2.25. The molecule has 0 aromatic rings. The minimum atomic E-state index is -0.284. The molecule has 1 saturated carbocycles. The Hall–Kier alpha value is -0.810. The summed E-state index contributed by atoms with van der Waals surface area (Å²) in [5.74, 6) is -0.290. The Labute approximate surface area is 115 Å². The molecule has 0 unspecified atom stereocenters. The molecule has 106 valence electrons. The summed E-state index contributed by atoms with van der Waals surface area (Å²) in [7, 11) is 0. The van der Waals surface area contributed by atoms with Crippen LogP contribution in [0.25, 0.3) is 0 Å². The summed E-state index contributed by atoms with van der Waals surface area (Å²) in [6.07, 6.45) is 4.54. The van der Waals surface area contributed by atoms with E-state index in [9.17, 15) is 9.59 Å². The number of carbonyl (C=O) groups excluding carboxylic acids is 2. The summed E-state index contributed by atoms with van der Waals surface area (Å²) in [6, 6.07) is 0.526. The second kappa shape index (κ2) is 8.32. The maximum absolute atomic E-state index is 12.1. The average molecular weight is 278 g/mol. The Bertz CT molecular complexity index is 278. The lowest BCUT2D eigenvalue weighted by Gasteiger charge is -2.32. The van der Waals surface area contributed by atoms with E-state index in [1.165, 1.54) is 12.8 Å². The number of nitrogens with two attached hydrogens (primary N) is 1. The molecule has 3 N–H and O–H groups in total. The molecule has 0 spiro atoms. The monoisotopic (exact) mass is 277 g/mol. The van der Waals surface area contributed by atoms with E-state index in [-0.39, 0.29) is 43.4 Å². The SMILES string of the molecule is CC(C)N(C(=O)CNC(=O)CN)C1CCCC1.Cl. The zero-order chi connectivity index (χ0) is 12.8. The van der Waals surface area contributed by atoms with Gasteiger partial charge in [-0.2, -0.15) is 0 Å². The predicted octanol–water partition coefficient (Wildman–Crippen LogP) is 0.663. The number of amides is 2. The summed E-state index contributed by atoms with van der Waals surface area (Å²) in [6.45, 7) is 4.02. The molecule has 0 saturated heterocycles. The molecule has 0 bridgehead atoms. The van der Waals surface area contributed by atoms with Gasteiger partial charge in [0.1, 0.15) is 0 Å². The third-order valence-electron chi connectivity index (χ3n) is 3.18. The van der Waals surface area contributed by atoms with Gasteiger partial charge in [0.05, 0.1) is 13.1 Å². The summed E-state index contributed by atoms with van der Waals surface area (Å²) in [5.41, 5.74) is 5.18. The maximum Gasteiger partial charge on any atom is 0.242 e. The molecule has 0 aromatic heterocycles. The van der Waals surface area contributed by atoms with Crippen LogP contribution in [0.1, 0.15) is 39.5 Å². The zero-order valence-corrected chi connectivity index (χ0v) is 12.0. The number of halogens is 1.